The molecule has 62 heavy (non-hydrogen) atoms. The summed E-state index contributed by atoms with van der Waals surface area (Å²) in [7, 11) is 0. The van der Waals surface area contributed by atoms with Gasteiger partial charge >= 0.3 is 11.9 Å². The summed E-state index contributed by atoms with van der Waals surface area (Å²) in [6.45, 7) is 7.49. The Morgan fingerprint density at radius 3 is 1.24 bits per heavy atom. The van der Waals surface area contributed by atoms with Gasteiger partial charge < -0.3 is 14.2 Å². The number of esters is 2. The van der Waals surface area contributed by atoms with Gasteiger partial charge in [-0.05, 0) is 103 Å². The van der Waals surface area contributed by atoms with Gasteiger partial charge in [-0.1, -0.05) is 208 Å². The van der Waals surface area contributed by atoms with Crippen molar-refractivity contribution in [2.24, 2.45) is 0 Å². The summed E-state index contributed by atoms with van der Waals surface area (Å²) >= 11 is 0. The van der Waals surface area contributed by atoms with Crippen molar-refractivity contribution in [1.29, 1.82) is 0 Å². The Morgan fingerprint density at radius 1 is 0.371 bits per heavy atom. The fourth-order valence-corrected chi connectivity index (χ4v) is 6.83. The van der Waals surface area contributed by atoms with E-state index in [4.69, 9.17) is 14.2 Å². The van der Waals surface area contributed by atoms with Gasteiger partial charge in [-0.3, -0.25) is 9.59 Å². The van der Waals surface area contributed by atoms with Gasteiger partial charge in [0.1, 0.15) is 6.61 Å². The summed E-state index contributed by atoms with van der Waals surface area (Å²) in [6.07, 6.45) is 70.0. The molecule has 354 valence electrons. The Balaban J connectivity index is 4.36. The molecule has 0 amide bonds. The van der Waals surface area contributed by atoms with Gasteiger partial charge in [-0.15, -0.1) is 0 Å². The van der Waals surface area contributed by atoms with Crippen LogP contribution in [0.3, 0.4) is 0 Å². The van der Waals surface area contributed by atoms with E-state index >= 15 is 0 Å². The van der Waals surface area contributed by atoms with E-state index in [1.165, 1.54) is 103 Å². The highest BCUT2D eigenvalue weighted by Crippen LogP contribution is 2.13. The Labute approximate surface area is 383 Å². The number of rotatable bonds is 46. The van der Waals surface area contributed by atoms with Crippen LogP contribution in [0.1, 0.15) is 226 Å². The molecule has 0 aromatic heterocycles. The fourth-order valence-electron chi connectivity index (χ4n) is 6.83. The Bertz CT molecular complexity index is 1200. The molecule has 0 rings (SSSR count). The van der Waals surface area contributed by atoms with E-state index in [9.17, 15) is 9.59 Å². The average molecular weight is 861 g/mol. The van der Waals surface area contributed by atoms with Crippen molar-refractivity contribution in [3.63, 3.8) is 0 Å². The van der Waals surface area contributed by atoms with Gasteiger partial charge in [0.05, 0.1) is 6.61 Å². The van der Waals surface area contributed by atoms with Crippen molar-refractivity contribution < 1.29 is 23.8 Å². The normalized spacial score (nSPS) is 13.0. The predicted molar refractivity (Wildman–Crippen MR) is 270 cm³/mol. The summed E-state index contributed by atoms with van der Waals surface area (Å²) < 4.78 is 17.3. The molecule has 1 atom stereocenters. The lowest BCUT2D eigenvalue weighted by Crippen LogP contribution is -2.30. The maximum Gasteiger partial charge on any atom is 0.306 e. The standard InChI is InChI=1S/C57H96O5/c1-4-7-10-13-16-19-22-25-27-28-29-31-34-37-40-43-46-49-52-60-53-55(62-57(59)51-48-45-42-39-36-32-24-21-18-15-12-9-6-3)54-61-56(58)50-47-44-41-38-35-33-30-26-23-20-17-14-11-8-5-2/h7,9-10,12,16,18-19,21,25-27,30,32,36,42,45,55H,4-6,8,11,13-15,17,20,22-24,28-29,31,33-35,37-41,43-44,46-54H2,1-3H3/b10-7-,12-9-,19-16-,21-18-,27-25-,30-26-,36-32-,45-42-. The second kappa shape index (κ2) is 52.2. The van der Waals surface area contributed by atoms with Crippen LogP contribution in [-0.2, 0) is 23.8 Å². The summed E-state index contributed by atoms with van der Waals surface area (Å²) in [5.41, 5.74) is 0. The van der Waals surface area contributed by atoms with Gasteiger partial charge in [0, 0.05) is 19.4 Å². The summed E-state index contributed by atoms with van der Waals surface area (Å²) in [6, 6.07) is 0. The number of unbranched alkanes of at least 4 members (excludes halogenated alkanes) is 19. The van der Waals surface area contributed by atoms with Crippen molar-refractivity contribution >= 4 is 11.9 Å². The van der Waals surface area contributed by atoms with E-state index in [0.29, 0.717) is 25.9 Å². The molecule has 0 spiro atoms. The molecule has 0 aliphatic carbocycles. The lowest BCUT2D eigenvalue weighted by molar-refractivity contribution is -0.162. The zero-order chi connectivity index (χ0) is 44.9. The molecule has 0 saturated heterocycles. The fraction of sp³-hybridized carbons (Fsp3) is 0.684. The van der Waals surface area contributed by atoms with Gasteiger partial charge in [0.2, 0.25) is 0 Å². The molecule has 5 heteroatoms. The second-order valence-corrected chi connectivity index (χ2v) is 16.7. The Kier molecular flexibility index (Phi) is 49.5. The van der Waals surface area contributed by atoms with E-state index in [1.807, 2.05) is 6.08 Å². The molecular formula is C57H96O5. The number of carbonyl (C=O) groups is 2. The molecule has 0 radical (unpaired) electrons. The first kappa shape index (κ1) is 58.8. The molecule has 0 heterocycles. The van der Waals surface area contributed by atoms with Crippen molar-refractivity contribution in [2.75, 3.05) is 19.8 Å². The molecule has 0 aliphatic rings. The minimum Gasteiger partial charge on any atom is -0.462 e. The smallest absolute Gasteiger partial charge is 0.306 e. The van der Waals surface area contributed by atoms with E-state index in [-0.39, 0.29) is 25.2 Å². The number of ether oxygens (including phenoxy) is 3. The van der Waals surface area contributed by atoms with Crippen LogP contribution >= 0.6 is 0 Å². The minimum absolute atomic E-state index is 0.0450. The highest BCUT2D eigenvalue weighted by molar-refractivity contribution is 5.70. The molecule has 0 saturated carbocycles. The monoisotopic (exact) mass is 861 g/mol. The van der Waals surface area contributed by atoms with Crippen LogP contribution in [0.25, 0.3) is 0 Å². The first-order valence-electron chi connectivity index (χ1n) is 25.8. The van der Waals surface area contributed by atoms with E-state index in [1.54, 1.807) is 0 Å². The first-order chi connectivity index (χ1) is 30.6. The second-order valence-electron chi connectivity index (χ2n) is 16.7. The van der Waals surface area contributed by atoms with Gasteiger partial charge in [0.15, 0.2) is 6.10 Å². The van der Waals surface area contributed by atoms with Crippen LogP contribution < -0.4 is 0 Å². The summed E-state index contributed by atoms with van der Waals surface area (Å²) in [4.78, 5) is 25.3. The van der Waals surface area contributed by atoms with E-state index in [2.05, 4.69) is 112 Å². The topological polar surface area (TPSA) is 61.8 Å². The summed E-state index contributed by atoms with van der Waals surface area (Å²) in [5, 5.41) is 0. The van der Waals surface area contributed by atoms with Crippen LogP contribution in [0.2, 0.25) is 0 Å². The number of hydrogen-bond acceptors (Lipinski definition) is 5. The highest BCUT2D eigenvalue weighted by Gasteiger charge is 2.17. The first-order valence-corrected chi connectivity index (χ1v) is 25.8. The largest absolute Gasteiger partial charge is 0.462 e. The molecular weight excluding hydrogens is 765 g/mol. The number of hydrogen-bond donors (Lipinski definition) is 0. The predicted octanol–water partition coefficient (Wildman–Crippen LogP) is 17.5. The third kappa shape index (κ3) is 49.5. The molecule has 0 aromatic carbocycles. The van der Waals surface area contributed by atoms with Crippen LogP contribution in [0.5, 0.6) is 0 Å². The van der Waals surface area contributed by atoms with E-state index in [0.717, 1.165) is 83.5 Å². The Morgan fingerprint density at radius 2 is 0.758 bits per heavy atom. The third-order valence-corrected chi connectivity index (χ3v) is 10.6. The van der Waals surface area contributed by atoms with Crippen LogP contribution in [0.15, 0.2) is 97.2 Å². The molecule has 0 fully saturated rings. The lowest BCUT2D eigenvalue weighted by Gasteiger charge is -2.18. The Hall–Kier alpha value is -3.18. The van der Waals surface area contributed by atoms with E-state index < -0.39 is 6.10 Å². The highest BCUT2D eigenvalue weighted by atomic mass is 16.6. The van der Waals surface area contributed by atoms with Crippen molar-refractivity contribution in [2.45, 2.75) is 232 Å². The third-order valence-electron chi connectivity index (χ3n) is 10.6. The molecule has 0 N–H and O–H groups in total. The summed E-state index contributed by atoms with van der Waals surface area (Å²) in [5.74, 6) is -0.507. The van der Waals surface area contributed by atoms with Crippen molar-refractivity contribution in [3.8, 4) is 0 Å². The van der Waals surface area contributed by atoms with Gasteiger partial charge in [0.25, 0.3) is 0 Å². The van der Waals surface area contributed by atoms with Crippen LogP contribution in [0.4, 0.5) is 0 Å². The number of carbonyl (C=O) groups excluding carboxylic acids is 2. The van der Waals surface area contributed by atoms with Crippen LogP contribution in [0, 0.1) is 0 Å². The zero-order valence-electron chi connectivity index (χ0n) is 40.6. The van der Waals surface area contributed by atoms with Crippen LogP contribution in [-0.4, -0.2) is 37.9 Å². The van der Waals surface area contributed by atoms with Crippen molar-refractivity contribution in [1.82, 2.24) is 0 Å². The van der Waals surface area contributed by atoms with Gasteiger partial charge in [-0.2, -0.15) is 0 Å². The molecule has 1 unspecified atom stereocenters. The van der Waals surface area contributed by atoms with Crippen molar-refractivity contribution in [3.05, 3.63) is 97.2 Å². The quantitative estimate of drug-likeness (QED) is 0.0347. The molecule has 0 aromatic rings. The SMILES string of the molecule is CC/C=C\C/C=C\C/C=C\C/C=C\CCC(=O)OC(COCCCCCCCCCC/C=C\C/C=C\C/C=C\CC)COC(=O)CCCCCCC/C=C\CCCCCCCC. The maximum atomic E-state index is 12.7. The molecule has 0 aliphatic heterocycles. The zero-order valence-corrected chi connectivity index (χ0v) is 40.6. The van der Waals surface area contributed by atoms with Gasteiger partial charge in [-0.25, -0.2) is 0 Å². The lowest BCUT2D eigenvalue weighted by atomic mass is 10.1. The maximum absolute atomic E-state index is 12.7. The average Bonchev–Trinajstić information content (AvgIpc) is 3.27. The minimum atomic E-state index is -0.586. The molecule has 0 bridgehead atoms. The number of allylic oxidation sites excluding steroid dienone is 16. The molecule has 5 nitrogen and oxygen atoms in total.